The molecule has 8 heteroatoms. The highest BCUT2D eigenvalue weighted by Crippen LogP contribution is 2.39. The molecule has 1 aliphatic carbocycles. The lowest BCUT2D eigenvalue weighted by molar-refractivity contribution is 0.380. The van der Waals surface area contributed by atoms with Crippen LogP contribution in [-0.4, -0.2) is 24.3 Å². The van der Waals surface area contributed by atoms with Crippen LogP contribution in [0.5, 0.6) is 0 Å². The van der Waals surface area contributed by atoms with Gasteiger partial charge in [0.1, 0.15) is 0 Å². The third-order valence-electron chi connectivity index (χ3n) is 4.36. The fraction of sp³-hybridized carbons (Fsp3) is 0.429. The Hall–Kier alpha value is -2.64. The first-order chi connectivity index (χ1) is 10.6. The number of anilines is 1. The molecule has 3 heterocycles. The van der Waals surface area contributed by atoms with E-state index in [1.54, 1.807) is 13.2 Å². The molecular weight excluding hydrogens is 284 g/mol. The van der Waals surface area contributed by atoms with E-state index in [1.165, 1.54) is 17.4 Å². The van der Waals surface area contributed by atoms with E-state index in [0.717, 1.165) is 29.6 Å². The van der Waals surface area contributed by atoms with Gasteiger partial charge in [0, 0.05) is 18.5 Å². The van der Waals surface area contributed by atoms with Crippen molar-refractivity contribution in [1.29, 1.82) is 0 Å². The molecule has 8 nitrogen and oxygen atoms in total. The summed E-state index contributed by atoms with van der Waals surface area (Å²) in [4.78, 5) is 15.6. The number of nitrogens with zero attached hydrogens (tertiary/aromatic N) is 5. The van der Waals surface area contributed by atoms with Crippen LogP contribution in [0.1, 0.15) is 37.3 Å². The van der Waals surface area contributed by atoms with Gasteiger partial charge in [0.15, 0.2) is 5.82 Å². The van der Waals surface area contributed by atoms with Crippen molar-refractivity contribution in [2.24, 2.45) is 7.05 Å². The normalized spacial score (nSPS) is 15.9. The Morgan fingerprint density at radius 1 is 1.36 bits per heavy atom. The number of hydrogen-bond acceptors (Lipinski definition) is 6. The molecule has 0 aliphatic heterocycles. The standard InChI is InChI=1S/C14H16N6O2/c1-19-12(18-22-14(19)21)10-6-9-7-16-13(15)17-20(9)11(10)8-4-2-3-5-8/h6-8H,2-5H2,1H3,(H2,15,17). The molecule has 114 valence electrons. The van der Waals surface area contributed by atoms with Crippen LogP contribution in [0.4, 0.5) is 5.95 Å². The highest BCUT2D eigenvalue weighted by Gasteiger charge is 2.27. The van der Waals surface area contributed by atoms with Crippen LogP contribution in [-0.2, 0) is 7.05 Å². The Balaban J connectivity index is 2.02. The molecule has 3 aromatic heterocycles. The van der Waals surface area contributed by atoms with Crippen LogP contribution in [0, 0.1) is 0 Å². The van der Waals surface area contributed by atoms with Crippen LogP contribution in [0.15, 0.2) is 21.6 Å². The largest absolute Gasteiger partial charge is 0.441 e. The lowest BCUT2D eigenvalue weighted by Gasteiger charge is -2.11. The maximum atomic E-state index is 11.6. The number of fused-ring (bicyclic) bond motifs is 1. The van der Waals surface area contributed by atoms with Gasteiger partial charge in [-0.1, -0.05) is 18.0 Å². The van der Waals surface area contributed by atoms with Crippen LogP contribution in [0.2, 0.25) is 0 Å². The number of nitrogens with two attached hydrogens (primary N) is 1. The summed E-state index contributed by atoms with van der Waals surface area (Å²) < 4.78 is 8.01. The third kappa shape index (κ3) is 1.83. The zero-order valence-corrected chi connectivity index (χ0v) is 12.2. The summed E-state index contributed by atoms with van der Waals surface area (Å²) in [5.74, 6) is 0.630. The molecule has 22 heavy (non-hydrogen) atoms. The molecule has 2 N–H and O–H groups in total. The van der Waals surface area contributed by atoms with Crippen LogP contribution in [0.25, 0.3) is 16.9 Å². The Labute approximate surface area is 125 Å². The quantitative estimate of drug-likeness (QED) is 0.765. The van der Waals surface area contributed by atoms with E-state index in [2.05, 4.69) is 15.2 Å². The maximum absolute atomic E-state index is 11.6. The Kier molecular flexibility index (Phi) is 2.78. The molecule has 0 saturated heterocycles. The average molecular weight is 300 g/mol. The Morgan fingerprint density at radius 2 is 2.14 bits per heavy atom. The zero-order chi connectivity index (χ0) is 15.3. The molecular formula is C14H16N6O2. The van der Waals surface area contributed by atoms with Crippen LogP contribution >= 0.6 is 0 Å². The summed E-state index contributed by atoms with van der Waals surface area (Å²) in [6, 6.07) is 1.93. The first kappa shape index (κ1) is 13.1. The molecule has 1 fully saturated rings. The minimum absolute atomic E-state index is 0.225. The number of rotatable bonds is 2. The van der Waals surface area contributed by atoms with Gasteiger partial charge in [0.25, 0.3) is 0 Å². The summed E-state index contributed by atoms with van der Waals surface area (Å²) in [5, 5.41) is 8.26. The molecule has 0 bridgehead atoms. The Morgan fingerprint density at radius 3 is 2.82 bits per heavy atom. The van der Waals surface area contributed by atoms with E-state index in [-0.39, 0.29) is 5.95 Å². The molecule has 0 amide bonds. The molecule has 0 aromatic carbocycles. The van der Waals surface area contributed by atoms with Crippen molar-refractivity contribution >= 4 is 11.5 Å². The second kappa shape index (κ2) is 4.69. The summed E-state index contributed by atoms with van der Waals surface area (Å²) in [6.45, 7) is 0. The predicted molar refractivity (Wildman–Crippen MR) is 79.3 cm³/mol. The van der Waals surface area contributed by atoms with Gasteiger partial charge in [-0.05, 0) is 18.9 Å². The van der Waals surface area contributed by atoms with E-state index in [9.17, 15) is 4.79 Å². The molecule has 4 rings (SSSR count). The van der Waals surface area contributed by atoms with E-state index >= 15 is 0 Å². The summed E-state index contributed by atoms with van der Waals surface area (Å²) in [5.41, 5.74) is 8.47. The van der Waals surface area contributed by atoms with Crippen molar-refractivity contribution < 1.29 is 4.52 Å². The van der Waals surface area contributed by atoms with Crippen molar-refractivity contribution in [2.45, 2.75) is 31.6 Å². The second-order valence-corrected chi connectivity index (χ2v) is 5.71. The van der Waals surface area contributed by atoms with E-state index in [1.807, 2.05) is 10.6 Å². The predicted octanol–water partition coefficient (Wildman–Crippen LogP) is 1.32. The molecule has 3 aromatic rings. The summed E-state index contributed by atoms with van der Waals surface area (Å²) in [7, 11) is 1.65. The van der Waals surface area contributed by atoms with E-state index in [0.29, 0.717) is 11.7 Å². The smallest absolute Gasteiger partial charge is 0.367 e. The van der Waals surface area contributed by atoms with Gasteiger partial charge in [-0.2, -0.15) is 0 Å². The third-order valence-corrected chi connectivity index (χ3v) is 4.36. The van der Waals surface area contributed by atoms with Gasteiger partial charge >= 0.3 is 5.76 Å². The van der Waals surface area contributed by atoms with E-state index in [4.69, 9.17) is 10.3 Å². The lowest BCUT2D eigenvalue weighted by atomic mass is 10.00. The minimum atomic E-state index is -0.478. The van der Waals surface area contributed by atoms with Crippen molar-refractivity contribution in [3.8, 4) is 11.4 Å². The monoisotopic (exact) mass is 300 g/mol. The van der Waals surface area contributed by atoms with Gasteiger partial charge in [0.2, 0.25) is 5.95 Å². The molecule has 1 saturated carbocycles. The first-order valence-corrected chi connectivity index (χ1v) is 7.32. The number of hydrogen-bond donors (Lipinski definition) is 1. The van der Waals surface area contributed by atoms with E-state index < -0.39 is 5.76 Å². The summed E-state index contributed by atoms with van der Waals surface area (Å²) in [6.07, 6.45) is 6.25. The van der Waals surface area contributed by atoms with Crippen LogP contribution in [0.3, 0.4) is 0 Å². The van der Waals surface area contributed by atoms with Crippen LogP contribution < -0.4 is 11.5 Å². The highest BCUT2D eigenvalue weighted by atomic mass is 16.5. The zero-order valence-electron chi connectivity index (χ0n) is 12.2. The Bertz CT molecular complexity index is 900. The van der Waals surface area contributed by atoms with Crippen molar-refractivity contribution in [2.75, 3.05) is 5.73 Å². The van der Waals surface area contributed by atoms with Crippen molar-refractivity contribution in [3.63, 3.8) is 0 Å². The molecule has 0 unspecified atom stereocenters. The van der Waals surface area contributed by atoms with Gasteiger partial charge in [-0.25, -0.2) is 14.3 Å². The average Bonchev–Trinajstić information content (AvgIpc) is 3.19. The molecule has 0 spiro atoms. The maximum Gasteiger partial charge on any atom is 0.441 e. The van der Waals surface area contributed by atoms with Gasteiger partial charge in [-0.3, -0.25) is 9.09 Å². The van der Waals surface area contributed by atoms with Gasteiger partial charge in [0.05, 0.1) is 17.4 Å². The second-order valence-electron chi connectivity index (χ2n) is 5.71. The number of nitrogen functional groups attached to an aromatic ring is 1. The molecule has 0 radical (unpaired) electrons. The van der Waals surface area contributed by atoms with Crippen molar-refractivity contribution in [3.05, 3.63) is 28.5 Å². The fourth-order valence-corrected chi connectivity index (χ4v) is 3.29. The fourth-order valence-electron chi connectivity index (χ4n) is 3.29. The van der Waals surface area contributed by atoms with Crippen molar-refractivity contribution in [1.82, 2.24) is 24.3 Å². The lowest BCUT2D eigenvalue weighted by Crippen LogP contribution is -2.11. The topological polar surface area (TPSA) is 104 Å². The summed E-state index contributed by atoms with van der Waals surface area (Å²) >= 11 is 0. The minimum Gasteiger partial charge on any atom is -0.367 e. The van der Waals surface area contributed by atoms with Gasteiger partial charge in [-0.15, -0.1) is 5.10 Å². The molecule has 1 aliphatic rings. The molecule has 0 atom stereocenters. The number of aromatic nitrogens is 5. The highest BCUT2D eigenvalue weighted by molar-refractivity contribution is 5.69. The first-order valence-electron chi connectivity index (χ1n) is 7.32. The van der Waals surface area contributed by atoms with Gasteiger partial charge < -0.3 is 5.73 Å². The SMILES string of the molecule is Cn1c(-c2cc3cnc(N)nn3c2C2CCCC2)noc1=O.